The van der Waals surface area contributed by atoms with E-state index in [1.54, 1.807) is 0 Å². The SMILES string of the molecule is c1ccc(-c2c3c4ccc(N(c5ccccc5)c5ccccc5)c5cccc(c3nc3c6cccc7c(N(c8ccccc8)c8ccccc8)ccc(c23)c76)c54)cc1. The molecule has 12 rings (SSSR count). The lowest BCUT2D eigenvalue weighted by molar-refractivity contribution is 1.30. The van der Waals surface area contributed by atoms with Crippen LogP contribution in [0.1, 0.15) is 0 Å². The molecule has 0 atom stereocenters. The minimum atomic E-state index is 1.04. The Labute approximate surface area is 336 Å². The van der Waals surface area contributed by atoms with Gasteiger partial charge in [-0.2, -0.15) is 0 Å². The Morgan fingerprint density at radius 3 is 0.983 bits per heavy atom. The zero-order valence-electron chi connectivity index (χ0n) is 31.5. The van der Waals surface area contributed by atoms with Gasteiger partial charge in [-0.1, -0.05) is 152 Å². The van der Waals surface area contributed by atoms with Crippen LogP contribution in [0.4, 0.5) is 34.1 Å². The van der Waals surface area contributed by atoms with Gasteiger partial charge in [-0.05, 0) is 77.0 Å². The quantitative estimate of drug-likeness (QED) is 0.162. The number of pyridine rings is 1. The van der Waals surface area contributed by atoms with E-state index < -0.39 is 0 Å². The molecule has 58 heavy (non-hydrogen) atoms. The lowest BCUT2D eigenvalue weighted by Crippen LogP contribution is -2.10. The maximum atomic E-state index is 5.75. The van der Waals surface area contributed by atoms with E-state index >= 15 is 0 Å². The maximum absolute atomic E-state index is 5.75. The summed E-state index contributed by atoms with van der Waals surface area (Å²) in [5.74, 6) is 0. The van der Waals surface area contributed by atoms with Crippen LogP contribution >= 0.6 is 0 Å². The van der Waals surface area contributed by atoms with Gasteiger partial charge in [0, 0.05) is 71.4 Å². The fourth-order valence-electron chi connectivity index (χ4n) is 9.54. The Morgan fingerprint density at radius 2 is 0.603 bits per heavy atom. The third-order valence-corrected chi connectivity index (χ3v) is 11.9. The third kappa shape index (κ3) is 4.77. The van der Waals surface area contributed by atoms with Gasteiger partial charge in [0.15, 0.2) is 0 Å². The molecule has 1 aromatic heterocycles. The summed E-state index contributed by atoms with van der Waals surface area (Å²) in [6, 6.07) is 76.4. The lowest BCUT2D eigenvalue weighted by atomic mass is 9.95. The Kier molecular flexibility index (Phi) is 7.23. The Hall–Kier alpha value is -7.75. The van der Waals surface area contributed by atoms with Crippen molar-refractivity contribution in [2.45, 2.75) is 0 Å². The second-order valence-electron chi connectivity index (χ2n) is 15.0. The third-order valence-electron chi connectivity index (χ3n) is 11.9. The van der Waals surface area contributed by atoms with E-state index in [1.807, 2.05) is 0 Å². The molecule has 0 saturated heterocycles. The van der Waals surface area contributed by atoms with Crippen molar-refractivity contribution in [2.24, 2.45) is 0 Å². The highest BCUT2D eigenvalue weighted by Crippen LogP contribution is 2.53. The summed E-state index contributed by atoms with van der Waals surface area (Å²) in [6.07, 6.45) is 0. The van der Waals surface area contributed by atoms with Crippen molar-refractivity contribution in [3.8, 4) is 11.1 Å². The minimum Gasteiger partial charge on any atom is -0.310 e. The summed E-state index contributed by atoms with van der Waals surface area (Å²) in [5.41, 5.74) is 11.3. The summed E-state index contributed by atoms with van der Waals surface area (Å²) in [6.45, 7) is 0. The van der Waals surface area contributed by atoms with E-state index in [-0.39, 0.29) is 0 Å². The standard InChI is InChI=1S/C55H35N3/c1-6-18-36(19-7-1)49-52-43-32-34-47(57(37-20-8-2-9-21-37)38-22-10-3-11-23-38)41-28-16-30-45(50(41)43)54(52)56-55-46-31-17-29-42-48(35-33-44(51(42)46)53(49)55)58(39-24-12-4-13-25-39)40-26-14-5-15-27-40/h1-35H. The number of fused-ring (bicyclic) bond motifs is 6. The summed E-state index contributed by atoms with van der Waals surface area (Å²) in [4.78, 5) is 10.5. The zero-order valence-corrected chi connectivity index (χ0v) is 31.5. The Balaban J connectivity index is 1.19. The number of benzene rings is 9. The van der Waals surface area contributed by atoms with Gasteiger partial charge in [0.25, 0.3) is 0 Å². The molecule has 0 aliphatic rings. The van der Waals surface area contributed by atoms with Crippen molar-refractivity contribution in [3.05, 3.63) is 212 Å². The van der Waals surface area contributed by atoms with Crippen LogP contribution in [-0.4, -0.2) is 4.98 Å². The normalized spacial score (nSPS) is 11.8. The molecule has 3 nitrogen and oxygen atoms in total. The molecule has 0 radical (unpaired) electrons. The van der Waals surface area contributed by atoms with Gasteiger partial charge in [0.1, 0.15) is 0 Å². The van der Waals surface area contributed by atoms with Gasteiger partial charge in [0.05, 0.1) is 22.4 Å². The highest BCUT2D eigenvalue weighted by molar-refractivity contribution is 6.41. The van der Waals surface area contributed by atoms with Crippen LogP contribution in [0.2, 0.25) is 0 Å². The summed E-state index contributed by atoms with van der Waals surface area (Å²) in [7, 11) is 0. The molecule has 3 heteroatoms. The molecule has 0 aliphatic heterocycles. The number of rotatable bonds is 7. The fraction of sp³-hybridized carbons (Fsp3) is 0. The molecular weight excluding hydrogens is 703 g/mol. The van der Waals surface area contributed by atoms with Crippen molar-refractivity contribution >= 4 is 99.0 Å². The second-order valence-corrected chi connectivity index (χ2v) is 15.0. The molecule has 0 unspecified atom stereocenters. The number of nitrogens with zero attached hydrogens (tertiary/aromatic N) is 3. The number of aromatic nitrogens is 1. The molecule has 0 amide bonds. The minimum absolute atomic E-state index is 1.04. The lowest BCUT2D eigenvalue weighted by Gasteiger charge is -2.27. The molecule has 0 aliphatic carbocycles. The van der Waals surface area contributed by atoms with Crippen molar-refractivity contribution in [1.82, 2.24) is 4.98 Å². The molecule has 1 heterocycles. The van der Waals surface area contributed by atoms with Crippen LogP contribution in [0.5, 0.6) is 0 Å². The molecule has 270 valence electrons. The predicted molar refractivity (Wildman–Crippen MR) is 246 cm³/mol. The van der Waals surface area contributed by atoms with Gasteiger partial charge >= 0.3 is 0 Å². The van der Waals surface area contributed by atoms with E-state index in [0.29, 0.717) is 0 Å². The first-order valence-electron chi connectivity index (χ1n) is 19.9. The highest BCUT2D eigenvalue weighted by atomic mass is 15.1. The van der Waals surface area contributed by atoms with E-state index in [0.717, 1.165) is 45.2 Å². The largest absolute Gasteiger partial charge is 0.310 e. The van der Waals surface area contributed by atoms with Crippen molar-refractivity contribution in [3.63, 3.8) is 0 Å². The fourth-order valence-corrected chi connectivity index (χ4v) is 9.54. The highest BCUT2D eigenvalue weighted by Gasteiger charge is 2.27. The van der Waals surface area contributed by atoms with Crippen LogP contribution in [0.15, 0.2) is 212 Å². The van der Waals surface area contributed by atoms with E-state index in [4.69, 9.17) is 4.98 Å². The molecular formula is C55H35N3. The average molecular weight is 738 g/mol. The summed E-state index contributed by atoms with van der Waals surface area (Å²) < 4.78 is 0. The Morgan fingerprint density at radius 1 is 0.259 bits per heavy atom. The first kappa shape index (κ1) is 32.5. The van der Waals surface area contributed by atoms with Crippen molar-refractivity contribution < 1.29 is 0 Å². The maximum Gasteiger partial charge on any atom is 0.0801 e. The molecule has 0 saturated carbocycles. The number of hydrogen-bond donors (Lipinski definition) is 0. The monoisotopic (exact) mass is 737 g/mol. The second kappa shape index (κ2) is 12.9. The number of para-hydroxylation sites is 4. The van der Waals surface area contributed by atoms with Gasteiger partial charge in [-0.15, -0.1) is 0 Å². The predicted octanol–water partition coefficient (Wildman–Crippen LogP) is 15.5. The molecule has 0 spiro atoms. The van der Waals surface area contributed by atoms with E-state index in [2.05, 4.69) is 222 Å². The van der Waals surface area contributed by atoms with Gasteiger partial charge in [0.2, 0.25) is 0 Å². The summed E-state index contributed by atoms with van der Waals surface area (Å²) in [5, 5.41) is 12.1. The topological polar surface area (TPSA) is 19.4 Å². The molecule has 0 fully saturated rings. The van der Waals surface area contributed by atoms with Crippen molar-refractivity contribution in [1.29, 1.82) is 0 Å². The molecule has 0 bridgehead atoms. The first-order chi connectivity index (χ1) is 28.8. The van der Waals surface area contributed by atoms with Crippen molar-refractivity contribution in [2.75, 3.05) is 9.80 Å². The van der Waals surface area contributed by atoms with Crippen LogP contribution in [0.25, 0.3) is 76.0 Å². The number of anilines is 6. The Bertz CT molecular complexity index is 3130. The van der Waals surface area contributed by atoms with E-state index in [9.17, 15) is 0 Å². The number of hydrogen-bond acceptors (Lipinski definition) is 3. The molecule has 11 aromatic carbocycles. The van der Waals surface area contributed by atoms with Gasteiger partial charge < -0.3 is 9.80 Å². The molecule has 0 N–H and O–H groups in total. The smallest absolute Gasteiger partial charge is 0.0801 e. The van der Waals surface area contributed by atoms with Crippen LogP contribution in [-0.2, 0) is 0 Å². The first-order valence-corrected chi connectivity index (χ1v) is 19.9. The summed E-state index contributed by atoms with van der Waals surface area (Å²) >= 11 is 0. The van der Waals surface area contributed by atoms with E-state index in [1.165, 1.54) is 65.0 Å². The average Bonchev–Trinajstić information content (AvgIpc) is 3.80. The van der Waals surface area contributed by atoms with Gasteiger partial charge in [-0.25, -0.2) is 4.98 Å². The van der Waals surface area contributed by atoms with Gasteiger partial charge in [-0.3, -0.25) is 0 Å². The van der Waals surface area contributed by atoms with Crippen LogP contribution < -0.4 is 9.80 Å². The zero-order chi connectivity index (χ0) is 38.2. The van der Waals surface area contributed by atoms with Crippen LogP contribution in [0, 0.1) is 0 Å². The van der Waals surface area contributed by atoms with Crippen LogP contribution in [0.3, 0.4) is 0 Å². The molecule has 12 aromatic rings.